The van der Waals surface area contributed by atoms with Crippen LogP contribution in [0, 0.1) is 5.92 Å². The number of amides is 2. The van der Waals surface area contributed by atoms with Gasteiger partial charge in [0, 0.05) is 41.0 Å². The fourth-order valence-electron chi connectivity index (χ4n) is 5.54. The van der Waals surface area contributed by atoms with Crippen LogP contribution in [0.25, 0.3) is 0 Å². The first kappa shape index (κ1) is 32.9. The monoisotopic (exact) mass is 604 g/mol. The van der Waals surface area contributed by atoms with Gasteiger partial charge in [-0.3, -0.25) is 19.2 Å². The van der Waals surface area contributed by atoms with Crippen molar-refractivity contribution in [2.24, 2.45) is 5.92 Å². The van der Waals surface area contributed by atoms with Gasteiger partial charge in [0.1, 0.15) is 6.54 Å². The smallest absolute Gasteiger partial charge is 0.325 e. The molecule has 1 unspecified atom stereocenters. The van der Waals surface area contributed by atoms with Crippen LogP contribution >= 0.6 is 0 Å². The number of nitrogens with zero attached hydrogens (tertiary/aromatic N) is 1. The van der Waals surface area contributed by atoms with E-state index in [1.807, 2.05) is 60.7 Å². The van der Waals surface area contributed by atoms with Crippen LogP contribution in [0.2, 0.25) is 0 Å². The number of carbonyl (C=O) groups is 3. The standard InChI is InChI=1S/C34H44N4O6/c1-5-43-30(40)20-38-23(3)31(22(2)32(24(38)4)34(42)37-44-21-26-14-10-7-11-15-26)33(41)36-28(18-25-12-8-6-9-13-25)29(39)19-35-27-16-17-27/h6-15,22,27-29,35,39H,5,16-21H2,1-4H3,(H,36,41)(H,37,42)/t22?,28-,29+/m0/s1. The second-order valence-electron chi connectivity index (χ2n) is 11.3. The molecule has 0 aromatic heterocycles. The van der Waals surface area contributed by atoms with Gasteiger partial charge in [-0.25, -0.2) is 5.48 Å². The number of hydrogen-bond donors (Lipinski definition) is 4. The zero-order valence-electron chi connectivity index (χ0n) is 26.0. The van der Waals surface area contributed by atoms with Crippen LogP contribution < -0.4 is 16.1 Å². The summed E-state index contributed by atoms with van der Waals surface area (Å²) in [6, 6.07) is 18.9. The van der Waals surface area contributed by atoms with E-state index in [1.54, 1.807) is 32.6 Å². The molecule has 2 aromatic carbocycles. The Morgan fingerprint density at radius 3 is 2.11 bits per heavy atom. The lowest BCUT2D eigenvalue weighted by molar-refractivity contribution is -0.144. The number of ether oxygens (including phenoxy) is 1. The third-order valence-electron chi connectivity index (χ3n) is 8.06. The molecule has 0 bridgehead atoms. The highest BCUT2D eigenvalue weighted by molar-refractivity contribution is 6.01. The third-order valence-corrected chi connectivity index (χ3v) is 8.06. The molecule has 2 amide bonds. The van der Waals surface area contributed by atoms with E-state index in [-0.39, 0.29) is 19.8 Å². The normalized spacial score (nSPS) is 18.1. The second kappa shape index (κ2) is 15.7. The Morgan fingerprint density at radius 2 is 1.52 bits per heavy atom. The molecule has 1 saturated carbocycles. The number of allylic oxidation sites excluding steroid dienone is 2. The number of hydroxylamine groups is 1. The number of aliphatic hydroxyl groups is 1. The first-order valence-corrected chi connectivity index (χ1v) is 15.3. The van der Waals surface area contributed by atoms with E-state index >= 15 is 0 Å². The van der Waals surface area contributed by atoms with Gasteiger partial charge < -0.3 is 25.4 Å². The summed E-state index contributed by atoms with van der Waals surface area (Å²) >= 11 is 0. The van der Waals surface area contributed by atoms with Gasteiger partial charge in [-0.15, -0.1) is 0 Å². The molecule has 0 saturated heterocycles. The fraction of sp³-hybridized carbons (Fsp3) is 0.441. The maximum Gasteiger partial charge on any atom is 0.325 e. The highest BCUT2D eigenvalue weighted by atomic mass is 16.6. The molecule has 4 rings (SSSR count). The largest absolute Gasteiger partial charge is 0.465 e. The van der Waals surface area contributed by atoms with Crippen molar-refractivity contribution < 1.29 is 29.1 Å². The molecule has 0 radical (unpaired) electrons. The van der Waals surface area contributed by atoms with Gasteiger partial charge in [0.05, 0.1) is 25.4 Å². The van der Waals surface area contributed by atoms with Crippen molar-refractivity contribution in [1.82, 2.24) is 21.0 Å². The van der Waals surface area contributed by atoms with Gasteiger partial charge in [0.15, 0.2) is 0 Å². The van der Waals surface area contributed by atoms with Gasteiger partial charge in [0.25, 0.3) is 5.91 Å². The molecular weight excluding hydrogens is 560 g/mol. The van der Waals surface area contributed by atoms with E-state index in [0.717, 1.165) is 24.0 Å². The van der Waals surface area contributed by atoms with Crippen LogP contribution in [0.5, 0.6) is 0 Å². The van der Waals surface area contributed by atoms with Crippen LogP contribution in [0.4, 0.5) is 0 Å². The van der Waals surface area contributed by atoms with E-state index < -0.39 is 35.8 Å². The Bertz CT molecular complexity index is 1360. The number of benzene rings is 2. The van der Waals surface area contributed by atoms with Crippen LogP contribution in [0.15, 0.2) is 83.2 Å². The minimum atomic E-state index is -0.846. The van der Waals surface area contributed by atoms with Crippen molar-refractivity contribution in [3.8, 4) is 0 Å². The molecule has 2 aliphatic rings. The first-order chi connectivity index (χ1) is 21.2. The maximum atomic E-state index is 14.1. The lowest BCUT2D eigenvalue weighted by atomic mass is 9.84. The molecule has 0 spiro atoms. The van der Waals surface area contributed by atoms with Crippen molar-refractivity contribution in [3.63, 3.8) is 0 Å². The molecule has 3 atom stereocenters. The van der Waals surface area contributed by atoms with Gasteiger partial charge in [-0.05, 0) is 51.2 Å². The van der Waals surface area contributed by atoms with Crippen molar-refractivity contribution in [2.75, 3.05) is 19.7 Å². The van der Waals surface area contributed by atoms with Gasteiger partial charge in [-0.1, -0.05) is 67.6 Å². The van der Waals surface area contributed by atoms with Crippen molar-refractivity contribution in [2.45, 2.75) is 71.8 Å². The molecule has 10 nitrogen and oxygen atoms in total. The van der Waals surface area contributed by atoms with Gasteiger partial charge in [0.2, 0.25) is 5.91 Å². The van der Waals surface area contributed by atoms with E-state index in [4.69, 9.17) is 9.57 Å². The predicted octanol–water partition coefficient (Wildman–Crippen LogP) is 3.14. The summed E-state index contributed by atoms with van der Waals surface area (Å²) in [5.74, 6) is -2.04. The Balaban J connectivity index is 1.58. The Hall–Kier alpha value is -3.99. The van der Waals surface area contributed by atoms with Gasteiger partial charge >= 0.3 is 5.97 Å². The predicted molar refractivity (Wildman–Crippen MR) is 166 cm³/mol. The maximum absolute atomic E-state index is 14.1. The summed E-state index contributed by atoms with van der Waals surface area (Å²) in [6.45, 7) is 7.55. The molecule has 1 heterocycles. The minimum absolute atomic E-state index is 0.163. The summed E-state index contributed by atoms with van der Waals surface area (Å²) in [6.07, 6.45) is 1.73. The molecule has 1 fully saturated rings. The average molecular weight is 605 g/mol. The number of esters is 1. The number of carbonyl (C=O) groups excluding carboxylic acids is 3. The van der Waals surface area contributed by atoms with Crippen molar-refractivity contribution in [3.05, 3.63) is 94.3 Å². The van der Waals surface area contributed by atoms with Crippen molar-refractivity contribution >= 4 is 17.8 Å². The van der Waals surface area contributed by atoms with E-state index in [2.05, 4.69) is 16.1 Å². The third kappa shape index (κ3) is 8.78. The average Bonchev–Trinajstić information content (AvgIpc) is 3.84. The molecule has 10 heteroatoms. The van der Waals surface area contributed by atoms with Gasteiger partial charge in [-0.2, -0.15) is 0 Å². The SMILES string of the molecule is CCOC(=O)CN1C(C)=C(C(=O)NOCc2ccccc2)C(C)C(C(=O)N[C@@H](Cc2ccccc2)[C@H](O)CNC2CC2)=C1C. The Morgan fingerprint density at radius 1 is 0.932 bits per heavy atom. The Kier molecular flexibility index (Phi) is 11.7. The molecule has 2 aromatic rings. The second-order valence-corrected chi connectivity index (χ2v) is 11.3. The number of aliphatic hydroxyl groups excluding tert-OH is 1. The zero-order valence-corrected chi connectivity index (χ0v) is 26.0. The number of rotatable bonds is 15. The molecule has 1 aliphatic heterocycles. The van der Waals surface area contributed by atoms with Crippen LogP contribution in [-0.2, 0) is 37.0 Å². The van der Waals surface area contributed by atoms with Crippen LogP contribution in [0.1, 0.15) is 51.7 Å². The number of nitrogens with one attached hydrogen (secondary N) is 3. The lowest BCUT2D eigenvalue weighted by Gasteiger charge is -2.37. The van der Waals surface area contributed by atoms with Crippen LogP contribution in [0.3, 0.4) is 0 Å². The fourth-order valence-corrected chi connectivity index (χ4v) is 5.54. The van der Waals surface area contributed by atoms with Crippen LogP contribution in [-0.4, -0.2) is 65.7 Å². The molecule has 44 heavy (non-hydrogen) atoms. The van der Waals surface area contributed by atoms with E-state index in [0.29, 0.717) is 41.5 Å². The summed E-state index contributed by atoms with van der Waals surface area (Å²) in [7, 11) is 0. The molecule has 1 aliphatic carbocycles. The van der Waals surface area contributed by atoms with E-state index in [1.165, 1.54) is 0 Å². The molecule has 4 N–H and O–H groups in total. The summed E-state index contributed by atoms with van der Waals surface area (Å²) < 4.78 is 5.20. The molecule has 236 valence electrons. The minimum Gasteiger partial charge on any atom is -0.465 e. The highest BCUT2D eigenvalue weighted by Gasteiger charge is 2.38. The van der Waals surface area contributed by atoms with Crippen molar-refractivity contribution in [1.29, 1.82) is 0 Å². The Labute approximate surface area is 259 Å². The quantitative estimate of drug-likeness (QED) is 0.180. The summed E-state index contributed by atoms with van der Waals surface area (Å²) in [5.41, 5.74) is 6.06. The number of hydrogen-bond acceptors (Lipinski definition) is 8. The molecular formula is C34H44N4O6. The lowest BCUT2D eigenvalue weighted by Crippen LogP contribution is -2.51. The summed E-state index contributed by atoms with van der Waals surface area (Å²) in [5, 5.41) is 17.6. The first-order valence-electron chi connectivity index (χ1n) is 15.3. The summed E-state index contributed by atoms with van der Waals surface area (Å²) in [4.78, 5) is 47.4. The van der Waals surface area contributed by atoms with E-state index in [9.17, 15) is 19.5 Å². The highest BCUT2D eigenvalue weighted by Crippen LogP contribution is 2.35. The topological polar surface area (TPSA) is 129 Å². The zero-order chi connectivity index (χ0) is 31.6.